The average Bonchev–Trinajstić information content (AvgIpc) is 1.86. The van der Waals surface area contributed by atoms with Gasteiger partial charge in [-0.3, -0.25) is 4.79 Å². The highest BCUT2D eigenvalue weighted by atomic mass is 16.5. The van der Waals surface area contributed by atoms with E-state index in [2.05, 4.69) is 0 Å². The van der Waals surface area contributed by atoms with Crippen LogP contribution in [0.25, 0.3) is 0 Å². The van der Waals surface area contributed by atoms with Crippen molar-refractivity contribution in [2.24, 2.45) is 0 Å². The van der Waals surface area contributed by atoms with Gasteiger partial charge in [0, 0.05) is 20.3 Å². The molecule has 0 heterocycles. The summed E-state index contributed by atoms with van der Waals surface area (Å²) in [5.41, 5.74) is 0. The third-order valence-electron chi connectivity index (χ3n) is 0.813. The summed E-state index contributed by atoms with van der Waals surface area (Å²) in [6, 6.07) is 0. The zero-order valence-corrected chi connectivity index (χ0v) is 6.63. The molecule has 3 heteroatoms. The quantitative estimate of drug-likeness (QED) is 0.328. The van der Waals surface area contributed by atoms with E-state index in [0.717, 1.165) is 0 Å². The number of carbonyl (C=O) groups is 1. The summed E-state index contributed by atoms with van der Waals surface area (Å²) >= 11 is 0. The number of hydrogen-bond donors (Lipinski definition) is 0. The number of aldehydes is 1. The molecule has 0 aromatic heterocycles. The molecule has 58 valence electrons. The molecule has 0 unspecified atom stereocenters. The standard InChI is InChI=1S/C7H13NO2/c1-4-10-7(6-9)5-8(2)3/h5-6H,4H2,1-3H3/b7-5-. The summed E-state index contributed by atoms with van der Waals surface area (Å²) < 4.78 is 4.95. The lowest BCUT2D eigenvalue weighted by atomic mass is 10.5. The van der Waals surface area contributed by atoms with E-state index in [1.165, 1.54) is 0 Å². The fraction of sp³-hybridized carbons (Fsp3) is 0.571. The Hall–Kier alpha value is -0.990. The van der Waals surface area contributed by atoms with E-state index in [1.807, 2.05) is 21.0 Å². The van der Waals surface area contributed by atoms with Gasteiger partial charge in [-0.1, -0.05) is 0 Å². The van der Waals surface area contributed by atoms with Crippen molar-refractivity contribution in [2.75, 3.05) is 20.7 Å². The molecule has 0 spiro atoms. The van der Waals surface area contributed by atoms with Crippen LogP contribution in [0.1, 0.15) is 6.92 Å². The van der Waals surface area contributed by atoms with Crippen molar-refractivity contribution < 1.29 is 9.53 Å². The second-order valence-electron chi connectivity index (χ2n) is 2.05. The number of rotatable bonds is 4. The number of nitrogens with zero attached hydrogens (tertiary/aromatic N) is 1. The Morgan fingerprint density at radius 1 is 1.60 bits per heavy atom. The van der Waals surface area contributed by atoms with Gasteiger partial charge in [-0.25, -0.2) is 0 Å². The van der Waals surface area contributed by atoms with Crippen molar-refractivity contribution in [1.82, 2.24) is 4.90 Å². The van der Waals surface area contributed by atoms with Gasteiger partial charge in [0.05, 0.1) is 6.61 Å². The average molecular weight is 143 g/mol. The van der Waals surface area contributed by atoms with Crippen LogP contribution in [0.5, 0.6) is 0 Å². The SMILES string of the molecule is CCO/C(C=O)=C\N(C)C. The van der Waals surface area contributed by atoms with Crippen LogP contribution in [0.2, 0.25) is 0 Å². The molecule has 0 aromatic rings. The Morgan fingerprint density at radius 3 is 2.50 bits per heavy atom. The monoisotopic (exact) mass is 143 g/mol. The van der Waals surface area contributed by atoms with Crippen molar-refractivity contribution in [3.8, 4) is 0 Å². The first-order valence-corrected chi connectivity index (χ1v) is 3.17. The van der Waals surface area contributed by atoms with Gasteiger partial charge in [0.1, 0.15) is 0 Å². The van der Waals surface area contributed by atoms with Crippen molar-refractivity contribution in [2.45, 2.75) is 6.92 Å². The molecule has 0 aliphatic carbocycles. The molecule has 0 N–H and O–H groups in total. The van der Waals surface area contributed by atoms with Crippen LogP contribution >= 0.6 is 0 Å². The lowest BCUT2D eigenvalue weighted by Crippen LogP contribution is -2.05. The Bertz CT molecular complexity index is 130. The van der Waals surface area contributed by atoms with Gasteiger partial charge in [-0.05, 0) is 6.92 Å². The Labute approximate surface area is 61.3 Å². The maximum absolute atomic E-state index is 10.2. The molecule has 3 nitrogen and oxygen atoms in total. The minimum absolute atomic E-state index is 0.368. The third kappa shape index (κ3) is 3.95. The molecule has 0 amide bonds. The van der Waals surface area contributed by atoms with Gasteiger partial charge < -0.3 is 9.64 Å². The van der Waals surface area contributed by atoms with Crippen molar-refractivity contribution >= 4 is 6.29 Å². The molecule has 0 bridgehead atoms. The Morgan fingerprint density at radius 2 is 2.20 bits per heavy atom. The summed E-state index contributed by atoms with van der Waals surface area (Å²) in [5, 5.41) is 0. The minimum Gasteiger partial charge on any atom is -0.489 e. The highest BCUT2D eigenvalue weighted by Crippen LogP contribution is 1.92. The lowest BCUT2D eigenvalue weighted by molar-refractivity contribution is -0.107. The van der Waals surface area contributed by atoms with Crippen LogP contribution < -0.4 is 0 Å². The normalized spacial score (nSPS) is 10.9. The van der Waals surface area contributed by atoms with E-state index in [0.29, 0.717) is 18.7 Å². The predicted octanol–water partition coefficient (Wildman–Crippen LogP) is 0.625. The van der Waals surface area contributed by atoms with Crippen LogP contribution in [-0.2, 0) is 9.53 Å². The van der Waals surface area contributed by atoms with Crippen molar-refractivity contribution in [3.63, 3.8) is 0 Å². The maximum atomic E-state index is 10.2. The largest absolute Gasteiger partial charge is 0.489 e. The molecule has 0 radical (unpaired) electrons. The first-order valence-electron chi connectivity index (χ1n) is 3.17. The number of ether oxygens (including phenoxy) is 1. The van der Waals surface area contributed by atoms with Gasteiger partial charge in [-0.2, -0.15) is 0 Å². The highest BCUT2D eigenvalue weighted by Gasteiger charge is 1.92. The van der Waals surface area contributed by atoms with E-state index >= 15 is 0 Å². The molecular weight excluding hydrogens is 130 g/mol. The topological polar surface area (TPSA) is 29.5 Å². The van der Waals surface area contributed by atoms with Crippen LogP contribution in [0.3, 0.4) is 0 Å². The lowest BCUT2D eigenvalue weighted by Gasteiger charge is -2.06. The minimum atomic E-state index is 0.368. The molecule has 0 saturated heterocycles. The highest BCUT2D eigenvalue weighted by molar-refractivity contribution is 5.69. The van der Waals surface area contributed by atoms with Crippen LogP contribution in [0.4, 0.5) is 0 Å². The number of carbonyl (C=O) groups excluding carboxylic acids is 1. The van der Waals surface area contributed by atoms with Crippen molar-refractivity contribution in [1.29, 1.82) is 0 Å². The summed E-state index contributed by atoms with van der Waals surface area (Å²) in [5.74, 6) is 0.368. The van der Waals surface area contributed by atoms with E-state index in [-0.39, 0.29) is 0 Å². The molecule has 0 fully saturated rings. The zero-order chi connectivity index (χ0) is 7.98. The first kappa shape index (κ1) is 9.01. The molecule has 10 heavy (non-hydrogen) atoms. The summed E-state index contributed by atoms with van der Waals surface area (Å²) in [6.45, 7) is 2.37. The summed E-state index contributed by atoms with van der Waals surface area (Å²) in [4.78, 5) is 12.0. The van der Waals surface area contributed by atoms with Crippen molar-refractivity contribution in [3.05, 3.63) is 12.0 Å². The van der Waals surface area contributed by atoms with E-state index < -0.39 is 0 Å². The smallest absolute Gasteiger partial charge is 0.186 e. The summed E-state index contributed by atoms with van der Waals surface area (Å²) in [6.07, 6.45) is 2.33. The molecule has 0 aliphatic heterocycles. The fourth-order valence-corrected chi connectivity index (χ4v) is 0.523. The third-order valence-corrected chi connectivity index (χ3v) is 0.813. The number of hydrogen-bond acceptors (Lipinski definition) is 3. The predicted molar refractivity (Wildman–Crippen MR) is 39.5 cm³/mol. The molecule has 0 atom stereocenters. The summed E-state index contributed by atoms with van der Waals surface area (Å²) in [7, 11) is 3.67. The molecule has 0 aromatic carbocycles. The van der Waals surface area contributed by atoms with E-state index in [9.17, 15) is 4.79 Å². The van der Waals surface area contributed by atoms with Gasteiger partial charge in [0.15, 0.2) is 12.0 Å². The molecule has 0 aliphatic rings. The number of allylic oxidation sites excluding steroid dienone is 1. The van der Waals surface area contributed by atoms with Gasteiger partial charge in [-0.15, -0.1) is 0 Å². The Kier molecular flexibility index (Phi) is 4.37. The van der Waals surface area contributed by atoms with Gasteiger partial charge in [0.2, 0.25) is 0 Å². The van der Waals surface area contributed by atoms with Gasteiger partial charge in [0.25, 0.3) is 0 Å². The zero-order valence-electron chi connectivity index (χ0n) is 6.63. The van der Waals surface area contributed by atoms with Gasteiger partial charge >= 0.3 is 0 Å². The molecule has 0 saturated carbocycles. The van der Waals surface area contributed by atoms with E-state index in [1.54, 1.807) is 11.1 Å². The maximum Gasteiger partial charge on any atom is 0.186 e. The second kappa shape index (κ2) is 4.85. The first-order chi connectivity index (χ1) is 4.70. The fourth-order valence-electron chi connectivity index (χ4n) is 0.523. The second-order valence-corrected chi connectivity index (χ2v) is 2.05. The Balaban J connectivity index is 3.90. The van der Waals surface area contributed by atoms with Crippen LogP contribution in [-0.4, -0.2) is 31.9 Å². The van der Waals surface area contributed by atoms with Crippen LogP contribution in [0, 0.1) is 0 Å². The van der Waals surface area contributed by atoms with Crippen LogP contribution in [0.15, 0.2) is 12.0 Å². The van der Waals surface area contributed by atoms with E-state index in [4.69, 9.17) is 4.74 Å². The molecule has 0 rings (SSSR count). The molecular formula is C7H13NO2.